The molecule has 0 heteroatoms. The number of hydrogen-bond acceptors (Lipinski definition) is 0. The van der Waals surface area contributed by atoms with Crippen LogP contribution in [0.2, 0.25) is 0 Å². The zero-order valence-electron chi connectivity index (χ0n) is 31.5. The van der Waals surface area contributed by atoms with Gasteiger partial charge in [0, 0.05) is 0 Å². The molecule has 14 atom stereocenters. The van der Waals surface area contributed by atoms with E-state index in [9.17, 15) is 0 Å². The third-order valence-corrected chi connectivity index (χ3v) is 16.2. The van der Waals surface area contributed by atoms with E-state index in [1.807, 2.05) is 0 Å². The Hall–Kier alpha value is -1.56. The predicted molar refractivity (Wildman–Crippen MR) is 200 cm³/mol. The lowest BCUT2D eigenvalue weighted by atomic mass is 9.58. The molecule has 0 N–H and O–H groups in total. The van der Waals surface area contributed by atoms with Crippen LogP contribution in [0.5, 0.6) is 0 Å². The topological polar surface area (TPSA) is 0 Å². The van der Waals surface area contributed by atoms with E-state index < -0.39 is 0 Å². The SMILES string of the molecule is CC1CC2C(CC3CCCC3C2c2ccc(C(C)(C)C)cc2)C1CC1C(C)CC2C1CC1CCCC1C2c1ccc(C(C)(C)C)cc1. The van der Waals surface area contributed by atoms with Crippen LogP contribution in [0.3, 0.4) is 0 Å². The van der Waals surface area contributed by atoms with Crippen molar-refractivity contribution in [2.75, 3.05) is 0 Å². The molecule has 14 unspecified atom stereocenters. The summed E-state index contributed by atoms with van der Waals surface area (Å²) in [4.78, 5) is 0. The minimum absolute atomic E-state index is 0.235. The van der Waals surface area contributed by atoms with Crippen LogP contribution in [0.1, 0.15) is 160 Å². The summed E-state index contributed by atoms with van der Waals surface area (Å²) in [6.07, 6.45) is 16.6. The molecule has 6 saturated carbocycles. The highest BCUT2D eigenvalue weighted by molar-refractivity contribution is 5.33. The molecular weight excluding hydrogens is 565 g/mol. The lowest BCUT2D eigenvalue weighted by Gasteiger charge is -2.46. The summed E-state index contributed by atoms with van der Waals surface area (Å²) >= 11 is 0. The summed E-state index contributed by atoms with van der Waals surface area (Å²) in [5, 5.41) is 0. The monoisotopic (exact) mass is 633 g/mol. The lowest BCUT2D eigenvalue weighted by Crippen LogP contribution is -2.38. The van der Waals surface area contributed by atoms with Gasteiger partial charge in [0.1, 0.15) is 0 Å². The van der Waals surface area contributed by atoms with Crippen molar-refractivity contribution in [3.05, 3.63) is 70.8 Å². The molecule has 0 saturated heterocycles. The average molecular weight is 633 g/mol. The second-order valence-electron chi connectivity index (χ2n) is 20.6. The van der Waals surface area contributed by atoms with Crippen molar-refractivity contribution in [1.82, 2.24) is 0 Å². The van der Waals surface area contributed by atoms with E-state index in [-0.39, 0.29) is 10.8 Å². The summed E-state index contributed by atoms with van der Waals surface area (Å²) in [7, 11) is 0. The molecule has 256 valence electrons. The van der Waals surface area contributed by atoms with Crippen LogP contribution in [-0.4, -0.2) is 0 Å². The van der Waals surface area contributed by atoms with Crippen LogP contribution in [-0.2, 0) is 10.8 Å². The van der Waals surface area contributed by atoms with E-state index in [4.69, 9.17) is 0 Å². The van der Waals surface area contributed by atoms with Gasteiger partial charge in [-0.25, -0.2) is 0 Å². The van der Waals surface area contributed by atoms with Crippen LogP contribution in [0.4, 0.5) is 0 Å². The molecule has 0 amide bonds. The molecule has 0 aromatic heterocycles. The van der Waals surface area contributed by atoms with Crippen molar-refractivity contribution in [2.24, 2.45) is 71.0 Å². The first-order valence-electron chi connectivity index (χ1n) is 20.6. The van der Waals surface area contributed by atoms with Crippen molar-refractivity contribution >= 4 is 0 Å². The minimum atomic E-state index is 0.235. The number of rotatable bonds is 4. The number of fused-ring (bicyclic) bond motifs is 4. The van der Waals surface area contributed by atoms with E-state index in [1.54, 1.807) is 30.4 Å². The molecule has 0 nitrogen and oxygen atoms in total. The number of benzene rings is 2. The molecule has 6 fully saturated rings. The first-order valence-corrected chi connectivity index (χ1v) is 20.6. The van der Waals surface area contributed by atoms with Gasteiger partial charge in [-0.15, -0.1) is 0 Å². The second kappa shape index (κ2) is 12.0. The summed E-state index contributed by atoms with van der Waals surface area (Å²) in [5.41, 5.74) is 6.87. The third-order valence-electron chi connectivity index (χ3n) is 16.2. The Kier molecular flexibility index (Phi) is 8.36. The maximum atomic E-state index is 2.70. The van der Waals surface area contributed by atoms with Gasteiger partial charge in [-0.05, 0) is 161 Å². The Morgan fingerprint density at radius 1 is 0.468 bits per heavy atom. The number of hydrogen-bond donors (Lipinski definition) is 0. The van der Waals surface area contributed by atoms with Gasteiger partial charge in [0.25, 0.3) is 0 Å². The standard InChI is InChI=1S/C47H68/c1-28-23-42-40(25-32-11-9-13-36(32)44(42)30-15-19-34(20-16-30)46(3,4)5)38(28)27-39-29(2)24-43-41(39)26-33-12-10-14-37(33)45(43)31-17-21-35(22-18-31)47(6,7)8/h15-22,28-29,32-33,36-45H,9-14,23-27H2,1-8H3. The first kappa shape index (κ1) is 32.6. The molecule has 2 aromatic rings. The predicted octanol–water partition coefficient (Wildman–Crippen LogP) is 13.0. The second-order valence-corrected chi connectivity index (χ2v) is 20.6. The van der Waals surface area contributed by atoms with E-state index in [2.05, 4.69) is 104 Å². The van der Waals surface area contributed by atoms with Gasteiger partial charge in [0.05, 0.1) is 0 Å². The molecule has 6 aliphatic carbocycles. The molecular formula is C47H68. The highest BCUT2D eigenvalue weighted by atomic mass is 14.6. The Labute approximate surface area is 289 Å². The van der Waals surface area contributed by atoms with Gasteiger partial charge >= 0.3 is 0 Å². The van der Waals surface area contributed by atoms with Crippen molar-refractivity contribution in [2.45, 2.75) is 149 Å². The van der Waals surface area contributed by atoms with Gasteiger partial charge in [-0.2, -0.15) is 0 Å². The van der Waals surface area contributed by atoms with Crippen LogP contribution < -0.4 is 0 Å². The van der Waals surface area contributed by atoms with Crippen LogP contribution in [0.25, 0.3) is 0 Å². The van der Waals surface area contributed by atoms with Crippen LogP contribution in [0, 0.1) is 71.0 Å². The summed E-state index contributed by atoms with van der Waals surface area (Å²) in [5.74, 6) is 13.0. The maximum absolute atomic E-state index is 2.70. The molecule has 0 spiro atoms. The lowest BCUT2D eigenvalue weighted by molar-refractivity contribution is 0.0633. The highest BCUT2D eigenvalue weighted by Crippen LogP contribution is 2.66. The molecule has 0 heterocycles. The molecule has 6 aliphatic rings. The Balaban J connectivity index is 1.06. The fourth-order valence-corrected chi connectivity index (χ4v) is 14.1. The van der Waals surface area contributed by atoms with Crippen molar-refractivity contribution in [1.29, 1.82) is 0 Å². The van der Waals surface area contributed by atoms with E-state index in [1.165, 1.54) is 62.5 Å². The van der Waals surface area contributed by atoms with E-state index in [0.29, 0.717) is 0 Å². The Morgan fingerprint density at radius 3 is 1.21 bits per heavy atom. The molecule has 0 radical (unpaired) electrons. The first-order chi connectivity index (χ1) is 22.4. The van der Waals surface area contributed by atoms with Crippen molar-refractivity contribution in [3.63, 3.8) is 0 Å². The molecule has 0 bridgehead atoms. The van der Waals surface area contributed by atoms with Gasteiger partial charge in [0.2, 0.25) is 0 Å². The Morgan fingerprint density at radius 2 is 0.851 bits per heavy atom. The highest BCUT2D eigenvalue weighted by Gasteiger charge is 2.57. The fourth-order valence-electron chi connectivity index (χ4n) is 14.1. The summed E-state index contributed by atoms with van der Waals surface area (Å²) in [6, 6.07) is 20.3. The van der Waals surface area contributed by atoms with Gasteiger partial charge in [-0.3, -0.25) is 0 Å². The molecule has 47 heavy (non-hydrogen) atoms. The van der Waals surface area contributed by atoms with Crippen molar-refractivity contribution in [3.8, 4) is 0 Å². The van der Waals surface area contributed by atoms with Crippen molar-refractivity contribution < 1.29 is 0 Å². The molecule has 8 rings (SSSR count). The van der Waals surface area contributed by atoms with Gasteiger partial charge < -0.3 is 0 Å². The minimum Gasteiger partial charge on any atom is -0.0622 e. The van der Waals surface area contributed by atoms with Crippen LogP contribution >= 0.6 is 0 Å². The maximum Gasteiger partial charge on any atom is -0.00998 e. The normalized spacial score (nSPS) is 43.0. The summed E-state index contributed by atoms with van der Waals surface area (Å²) < 4.78 is 0. The Bertz CT molecular complexity index is 1270. The molecule has 0 aliphatic heterocycles. The quantitative estimate of drug-likeness (QED) is 0.315. The van der Waals surface area contributed by atoms with Crippen LogP contribution in [0.15, 0.2) is 48.5 Å². The zero-order valence-corrected chi connectivity index (χ0v) is 31.5. The zero-order chi connectivity index (χ0) is 32.8. The van der Waals surface area contributed by atoms with Gasteiger partial charge in [0.15, 0.2) is 0 Å². The fraction of sp³-hybridized carbons (Fsp3) is 0.745. The van der Waals surface area contributed by atoms with Gasteiger partial charge in [-0.1, -0.05) is 130 Å². The van der Waals surface area contributed by atoms with E-state index >= 15 is 0 Å². The molecule has 2 aromatic carbocycles. The average Bonchev–Trinajstić information content (AvgIpc) is 3.81. The summed E-state index contributed by atoms with van der Waals surface area (Å²) in [6.45, 7) is 19.6. The largest absolute Gasteiger partial charge is 0.0622 e. The third kappa shape index (κ3) is 5.71. The smallest absolute Gasteiger partial charge is 0.00998 e. The van der Waals surface area contributed by atoms with E-state index in [0.717, 1.165) is 82.9 Å².